The SMILES string of the molecule is Cc1cccc(OCCn2c(CNC(=O)c3cccs3)nc3ccccc32)c1. The average Bonchev–Trinajstić information content (AvgIpc) is 3.35. The molecule has 4 rings (SSSR count). The third kappa shape index (κ3) is 4.07. The van der Waals surface area contributed by atoms with E-state index in [0.29, 0.717) is 24.6 Å². The molecule has 0 bridgehead atoms. The molecule has 0 saturated heterocycles. The maximum absolute atomic E-state index is 12.3. The number of aromatic nitrogens is 2. The Kier molecular flexibility index (Phi) is 5.39. The number of thiophene rings is 1. The van der Waals surface area contributed by atoms with Crippen LogP contribution in [0.15, 0.2) is 66.0 Å². The second-order valence-corrected chi connectivity index (χ2v) is 7.44. The fourth-order valence-corrected chi connectivity index (χ4v) is 3.76. The Hall–Kier alpha value is -3.12. The second kappa shape index (κ2) is 8.27. The average molecular weight is 391 g/mol. The van der Waals surface area contributed by atoms with Gasteiger partial charge in [0.2, 0.25) is 0 Å². The molecule has 0 atom stereocenters. The van der Waals surface area contributed by atoms with Crippen LogP contribution in [-0.4, -0.2) is 22.1 Å². The molecule has 2 aromatic carbocycles. The molecule has 1 N–H and O–H groups in total. The van der Waals surface area contributed by atoms with E-state index in [9.17, 15) is 4.79 Å². The van der Waals surface area contributed by atoms with Crippen molar-refractivity contribution in [2.75, 3.05) is 6.61 Å². The Balaban J connectivity index is 1.49. The minimum atomic E-state index is -0.0791. The number of benzene rings is 2. The molecule has 0 aliphatic carbocycles. The Bertz CT molecular complexity index is 1090. The number of nitrogens with zero attached hydrogens (tertiary/aromatic N) is 2. The Labute approximate surface area is 167 Å². The molecule has 0 unspecified atom stereocenters. The Morgan fingerprint density at radius 1 is 1.14 bits per heavy atom. The second-order valence-electron chi connectivity index (χ2n) is 6.49. The van der Waals surface area contributed by atoms with Gasteiger partial charge in [-0.3, -0.25) is 4.79 Å². The van der Waals surface area contributed by atoms with Crippen LogP contribution in [0.5, 0.6) is 5.75 Å². The van der Waals surface area contributed by atoms with Crippen LogP contribution in [-0.2, 0) is 13.1 Å². The molecule has 4 aromatic rings. The minimum Gasteiger partial charge on any atom is -0.492 e. The molecular weight excluding hydrogens is 370 g/mol. The summed E-state index contributed by atoms with van der Waals surface area (Å²) in [6, 6.07) is 19.7. The standard InChI is InChI=1S/C22H21N3O2S/c1-16-6-4-7-17(14-16)27-12-11-25-19-9-3-2-8-18(19)24-21(25)15-23-22(26)20-10-5-13-28-20/h2-10,13-14H,11-12,15H2,1H3,(H,23,26). The van der Waals surface area contributed by atoms with Crippen molar-refractivity contribution in [3.05, 3.63) is 82.3 Å². The quantitative estimate of drug-likeness (QED) is 0.507. The summed E-state index contributed by atoms with van der Waals surface area (Å²) < 4.78 is 8.03. The van der Waals surface area contributed by atoms with Gasteiger partial charge in [-0.25, -0.2) is 4.98 Å². The van der Waals surface area contributed by atoms with Crippen molar-refractivity contribution >= 4 is 28.3 Å². The van der Waals surface area contributed by atoms with Crippen LogP contribution >= 0.6 is 11.3 Å². The molecule has 0 saturated carbocycles. The normalized spacial score (nSPS) is 10.9. The molecule has 2 aromatic heterocycles. The number of amides is 1. The van der Waals surface area contributed by atoms with Gasteiger partial charge in [0, 0.05) is 0 Å². The van der Waals surface area contributed by atoms with E-state index in [-0.39, 0.29) is 5.91 Å². The number of carbonyl (C=O) groups excluding carboxylic acids is 1. The van der Waals surface area contributed by atoms with E-state index in [4.69, 9.17) is 9.72 Å². The van der Waals surface area contributed by atoms with Crippen molar-refractivity contribution < 1.29 is 9.53 Å². The predicted molar refractivity (Wildman–Crippen MR) is 112 cm³/mol. The number of imidazole rings is 1. The lowest BCUT2D eigenvalue weighted by atomic mass is 10.2. The van der Waals surface area contributed by atoms with E-state index in [1.54, 1.807) is 0 Å². The smallest absolute Gasteiger partial charge is 0.261 e. The van der Waals surface area contributed by atoms with Gasteiger partial charge in [-0.15, -0.1) is 11.3 Å². The number of para-hydroxylation sites is 2. The van der Waals surface area contributed by atoms with Crippen LogP contribution in [0.2, 0.25) is 0 Å². The van der Waals surface area contributed by atoms with E-state index >= 15 is 0 Å². The van der Waals surface area contributed by atoms with Gasteiger partial charge in [0.25, 0.3) is 5.91 Å². The Morgan fingerprint density at radius 2 is 2.04 bits per heavy atom. The summed E-state index contributed by atoms with van der Waals surface area (Å²) in [6.07, 6.45) is 0. The van der Waals surface area contributed by atoms with Crippen LogP contribution in [0, 0.1) is 6.92 Å². The predicted octanol–water partition coefficient (Wildman–Crippen LogP) is 4.42. The molecule has 5 nitrogen and oxygen atoms in total. The van der Waals surface area contributed by atoms with Gasteiger partial charge in [0.1, 0.15) is 18.2 Å². The van der Waals surface area contributed by atoms with Crippen LogP contribution in [0.25, 0.3) is 11.0 Å². The first-order chi connectivity index (χ1) is 13.7. The lowest BCUT2D eigenvalue weighted by Gasteiger charge is -2.11. The summed E-state index contributed by atoms with van der Waals surface area (Å²) in [5.41, 5.74) is 3.12. The van der Waals surface area contributed by atoms with Crippen molar-refractivity contribution in [3.8, 4) is 5.75 Å². The number of nitrogens with one attached hydrogen (secondary N) is 1. The number of fused-ring (bicyclic) bond motifs is 1. The summed E-state index contributed by atoms with van der Waals surface area (Å²) in [4.78, 5) is 17.7. The van der Waals surface area contributed by atoms with Crippen molar-refractivity contribution in [2.24, 2.45) is 0 Å². The van der Waals surface area contributed by atoms with Crippen LogP contribution in [0.3, 0.4) is 0 Å². The zero-order valence-electron chi connectivity index (χ0n) is 15.6. The summed E-state index contributed by atoms with van der Waals surface area (Å²) in [6.45, 7) is 3.59. The highest BCUT2D eigenvalue weighted by molar-refractivity contribution is 7.12. The molecule has 0 spiro atoms. The number of ether oxygens (including phenoxy) is 1. The van der Waals surface area contributed by atoms with Crippen molar-refractivity contribution in [1.29, 1.82) is 0 Å². The molecule has 0 aliphatic heterocycles. The summed E-state index contributed by atoms with van der Waals surface area (Å²) >= 11 is 1.43. The molecule has 2 heterocycles. The van der Waals surface area contributed by atoms with E-state index in [1.165, 1.54) is 16.9 Å². The van der Waals surface area contributed by atoms with Crippen molar-refractivity contribution in [2.45, 2.75) is 20.0 Å². The lowest BCUT2D eigenvalue weighted by Crippen LogP contribution is -2.24. The third-order valence-electron chi connectivity index (χ3n) is 4.46. The zero-order valence-corrected chi connectivity index (χ0v) is 16.4. The fraction of sp³-hybridized carbons (Fsp3) is 0.182. The monoisotopic (exact) mass is 391 g/mol. The van der Waals surface area contributed by atoms with Crippen LogP contribution in [0.1, 0.15) is 21.1 Å². The minimum absolute atomic E-state index is 0.0791. The van der Waals surface area contributed by atoms with Crippen molar-refractivity contribution in [3.63, 3.8) is 0 Å². The first kappa shape index (κ1) is 18.3. The molecule has 0 radical (unpaired) electrons. The van der Waals surface area contributed by atoms with Gasteiger partial charge >= 0.3 is 0 Å². The maximum atomic E-state index is 12.3. The molecule has 0 fully saturated rings. The van der Waals surface area contributed by atoms with Gasteiger partial charge in [0.05, 0.1) is 29.0 Å². The molecule has 142 valence electrons. The Morgan fingerprint density at radius 3 is 2.86 bits per heavy atom. The van der Waals surface area contributed by atoms with Gasteiger partial charge < -0.3 is 14.6 Å². The highest BCUT2D eigenvalue weighted by Crippen LogP contribution is 2.18. The van der Waals surface area contributed by atoms with E-state index in [0.717, 1.165) is 22.6 Å². The summed E-state index contributed by atoms with van der Waals surface area (Å²) in [5, 5.41) is 4.86. The molecule has 1 amide bonds. The number of hydrogen-bond acceptors (Lipinski definition) is 4. The van der Waals surface area contributed by atoms with Gasteiger partial charge in [-0.2, -0.15) is 0 Å². The van der Waals surface area contributed by atoms with Gasteiger partial charge in [0.15, 0.2) is 0 Å². The third-order valence-corrected chi connectivity index (χ3v) is 5.33. The molecular formula is C22H21N3O2S. The number of aryl methyl sites for hydroxylation is 1. The first-order valence-electron chi connectivity index (χ1n) is 9.16. The van der Waals surface area contributed by atoms with Crippen LogP contribution < -0.4 is 10.1 Å². The molecule has 28 heavy (non-hydrogen) atoms. The molecule has 6 heteroatoms. The highest BCUT2D eigenvalue weighted by Gasteiger charge is 2.13. The maximum Gasteiger partial charge on any atom is 0.261 e. The fourth-order valence-electron chi connectivity index (χ4n) is 3.12. The van der Waals surface area contributed by atoms with E-state index in [2.05, 4.69) is 9.88 Å². The number of carbonyl (C=O) groups is 1. The lowest BCUT2D eigenvalue weighted by molar-refractivity contribution is 0.0953. The topological polar surface area (TPSA) is 56.1 Å². The number of rotatable bonds is 7. The van der Waals surface area contributed by atoms with E-state index in [1.807, 2.05) is 73.0 Å². The van der Waals surface area contributed by atoms with Crippen molar-refractivity contribution in [1.82, 2.24) is 14.9 Å². The molecule has 0 aliphatic rings. The first-order valence-corrected chi connectivity index (χ1v) is 10.0. The largest absolute Gasteiger partial charge is 0.492 e. The van der Waals surface area contributed by atoms with Gasteiger partial charge in [-0.05, 0) is 48.2 Å². The summed E-state index contributed by atoms with van der Waals surface area (Å²) in [7, 11) is 0. The van der Waals surface area contributed by atoms with E-state index < -0.39 is 0 Å². The van der Waals surface area contributed by atoms with Crippen LogP contribution in [0.4, 0.5) is 0 Å². The number of hydrogen-bond donors (Lipinski definition) is 1. The zero-order chi connectivity index (χ0) is 19.3. The highest BCUT2D eigenvalue weighted by atomic mass is 32.1. The summed E-state index contributed by atoms with van der Waals surface area (Å²) in [5.74, 6) is 1.60. The van der Waals surface area contributed by atoms with Gasteiger partial charge in [-0.1, -0.05) is 30.3 Å².